The first-order valence-corrected chi connectivity index (χ1v) is 6.90. The molecular formula is C15H13BrFNO3. The normalized spacial score (nSPS) is 10.3. The molecule has 2 rings (SSSR count). The van der Waals surface area contributed by atoms with E-state index in [-0.39, 0.29) is 5.82 Å². The third kappa shape index (κ3) is 3.21. The minimum absolute atomic E-state index is 0.312. The Kier molecular flexibility index (Phi) is 4.57. The van der Waals surface area contributed by atoms with Gasteiger partial charge in [-0.3, -0.25) is 0 Å². The van der Waals surface area contributed by atoms with Crippen LogP contribution in [0.25, 0.3) is 0 Å². The molecular weight excluding hydrogens is 341 g/mol. The molecule has 4 nitrogen and oxygen atoms in total. The van der Waals surface area contributed by atoms with Gasteiger partial charge < -0.3 is 9.47 Å². The lowest BCUT2D eigenvalue weighted by Crippen LogP contribution is -2.02. The molecule has 1 heterocycles. The molecule has 0 spiro atoms. The summed E-state index contributed by atoms with van der Waals surface area (Å²) in [4.78, 5) is 15.4. The van der Waals surface area contributed by atoms with Crippen LogP contribution < -0.4 is 4.74 Å². The standard InChI is InChI=1S/C15H13BrFNO3/c1-8-6-11(17)13(16)9(2)14(8)21-12-5-4-10(7-18-12)15(19)20-3/h4-7H,1-3H3. The third-order valence-corrected chi connectivity index (χ3v) is 3.92. The van der Waals surface area contributed by atoms with Gasteiger partial charge in [-0.1, -0.05) is 0 Å². The number of esters is 1. The molecule has 0 fully saturated rings. The number of ether oxygens (including phenoxy) is 2. The van der Waals surface area contributed by atoms with Crippen LogP contribution in [-0.2, 0) is 4.74 Å². The first-order chi connectivity index (χ1) is 9.93. The van der Waals surface area contributed by atoms with E-state index in [1.807, 2.05) is 0 Å². The van der Waals surface area contributed by atoms with Gasteiger partial charge >= 0.3 is 5.97 Å². The molecule has 0 atom stereocenters. The molecule has 0 unspecified atom stereocenters. The average Bonchev–Trinajstić information content (AvgIpc) is 2.49. The molecule has 21 heavy (non-hydrogen) atoms. The van der Waals surface area contributed by atoms with Crippen LogP contribution in [0.2, 0.25) is 0 Å². The summed E-state index contributed by atoms with van der Waals surface area (Å²) in [6.07, 6.45) is 1.37. The Morgan fingerprint density at radius 1 is 1.33 bits per heavy atom. The van der Waals surface area contributed by atoms with E-state index >= 15 is 0 Å². The highest BCUT2D eigenvalue weighted by Gasteiger charge is 2.14. The van der Waals surface area contributed by atoms with E-state index in [2.05, 4.69) is 25.7 Å². The SMILES string of the molecule is COC(=O)c1ccc(Oc2c(C)cc(F)c(Br)c2C)nc1. The summed E-state index contributed by atoms with van der Waals surface area (Å²) >= 11 is 3.18. The van der Waals surface area contributed by atoms with Crippen LogP contribution in [0.3, 0.4) is 0 Å². The van der Waals surface area contributed by atoms with Crippen molar-refractivity contribution in [1.82, 2.24) is 4.98 Å². The Labute approximate surface area is 130 Å². The van der Waals surface area contributed by atoms with Gasteiger partial charge in [0.2, 0.25) is 5.88 Å². The van der Waals surface area contributed by atoms with Gasteiger partial charge in [0.1, 0.15) is 11.6 Å². The van der Waals surface area contributed by atoms with Gasteiger partial charge in [-0.05, 0) is 47.5 Å². The Morgan fingerprint density at radius 3 is 2.62 bits per heavy atom. The van der Waals surface area contributed by atoms with Crippen molar-refractivity contribution >= 4 is 21.9 Å². The van der Waals surface area contributed by atoms with E-state index in [9.17, 15) is 9.18 Å². The molecule has 1 aromatic carbocycles. The zero-order valence-corrected chi connectivity index (χ0v) is 13.3. The van der Waals surface area contributed by atoms with Crippen molar-refractivity contribution in [2.75, 3.05) is 7.11 Å². The van der Waals surface area contributed by atoms with E-state index in [4.69, 9.17) is 4.74 Å². The van der Waals surface area contributed by atoms with Crippen LogP contribution in [-0.4, -0.2) is 18.1 Å². The third-order valence-electron chi connectivity index (χ3n) is 2.94. The second-order valence-corrected chi connectivity index (χ2v) is 5.22. The van der Waals surface area contributed by atoms with Crippen LogP contribution in [0.15, 0.2) is 28.9 Å². The number of pyridine rings is 1. The molecule has 0 saturated heterocycles. The zero-order chi connectivity index (χ0) is 15.6. The zero-order valence-electron chi connectivity index (χ0n) is 11.7. The van der Waals surface area contributed by atoms with Crippen molar-refractivity contribution in [2.45, 2.75) is 13.8 Å². The fourth-order valence-electron chi connectivity index (χ4n) is 1.83. The Bertz CT molecular complexity index is 686. The van der Waals surface area contributed by atoms with Gasteiger partial charge in [0.25, 0.3) is 0 Å². The van der Waals surface area contributed by atoms with E-state index in [0.29, 0.717) is 32.8 Å². The summed E-state index contributed by atoms with van der Waals surface area (Å²) < 4.78 is 24.2. The molecule has 6 heteroatoms. The van der Waals surface area contributed by atoms with Crippen molar-refractivity contribution in [2.24, 2.45) is 0 Å². The molecule has 0 aliphatic rings. The fourth-order valence-corrected chi connectivity index (χ4v) is 2.13. The summed E-state index contributed by atoms with van der Waals surface area (Å²) in [7, 11) is 1.30. The molecule has 0 N–H and O–H groups in total. The van der Waals surface area contributed by atoms with E-state index in [0.717, 1.165) is 0 Å². The highest BCUT2D eigenvalue weighted by atomic mass is 79.9. The number of rotatable bonds is 3. The topological polar surface area (TPSA) is 48.4 Å². The number of aryl methyl sites for hydroxylation is 1. The number of benzene rings is 1. The number of carbonyl (C=O) groups is 1. The Morgan fingerprint density at radius 2 is 2.05 bits per heavy atom. The predicted molar refractivity (Wildman–Crippen MR) is 79.2 cm³/mol. The largest absolute Gasteiger partial charge is 0.465 e. The lowest BCUT2D eigenvalue weighted by molar-refractivity contribution is 0.0600. The highest BCUT2D eigenvalue weighted by Crippen LogP contribution is 2.34. The first-order valence-electron chi connectivity index (χ1n) is 6.11. The summed E-state index contributed by atoms with van der Waals surface area (Å²) in [5, 5.41) is 0. The van der Waals surface area contributed by atoms with Gasteiger partial charge in [0, 0.05) is 17.8 Å². The fraction of sp³-hybridized carbons (Fsp3) is 0.200. The molecule has 0 bridgehead atoms. The molecule has 0 aliphatic heterocycles. The molecule has 1 aromatic heterocycles. The molecule has 0 amide bonds. The van der Waals surface area contributed by atoms with E-state index < -0.39 is 5.97 Å². The highest BCUT2D eigenvalue weighted by molar-refractivity contribution is 9.10. The molecule has 2 aromatic rings. The second kappa shape index (κ2) is 6.22. The summed E-state index contributed by atoms with van der Waals surface area (Å²) in [6.45, 7) is 3.50. The predicted octanol–water partition coefficient (Wildman–Crippen LogP) is 4.18. The van der Waals surface area contributed by atoms with Gasteiger partial charge in [-0.25, -0.2) is 14.2 Å². The second-order valence-electron chi connectivity index (χ2n) is 4.42. The van der Waals surface area contributed by atoms with E-state index in [1.165, 1.54) is 19.4 Å². The lowest BCUT2D eigenvalue weighted by Gasteiger charge is -2.13. The van der Waals surface area contributed by atoms with E-state index in [1.54, 1.807) is 26.0 Å². The molecule has 110 valence electrons. The molecule has 0 radical (unpaired) electrons. The van der Waals surface area contributed by atoms with Gasteiger partial charge in [-0.2, -0.15) is 0 Å². The van der Waals surface area contributed by atoms with Crippen LogP contribution in [0.4, 0.5) is 4.39 Å². The maximum absolute atomic E-state index is 13.6. The average molecular weight is 354 g/mol. The van der Waals surface area contributed by atoms with Crippen molar-refractivity contribution in [3.8, 4) is 11.6 Å². The van der Waals surface area contributed by atoms with Gasteiger partial charge in [0.05, 0.1) is 17.1 Å². The van der Waals surface area contributed by atoms with Crippen LogP contribution >= 0.6 is 15.9 Å². The van der Waals surface area contributed by atoms with Gasteiger partial charge in [0.15, 0.2) is 0 Å². The summed E-state index contributed by atoms with van der Waals surface area (Å²) in [5.74, 6) is 0.0336. The smallest absolute Gasteiger partial charge is 0.339 e. The van der Waals surface area contributed by atoms with Crippen molar-refractivity contribution < 1.29 is 18.7 Å². The monoisotopic (exact) mass is 353 g/mol. The number of methoxy groups -OCH3 is 1. The van der Waals surface area contributed by atoms with Crippen LogP contribution in [0, 0.1) is 19.7 Å². The van der Waals surface area contributed by atoms with Gasteiger partial charge in [-0.15, -0.1) is 0 Å². The minimum atomic E-state index is -0.467. The first kappa shape index (κ1) is 15.4. The minimum Gasteiger partial charge on any atom is -0.465 e. The summed E-state index contributed by atoms with van der Waals surface area (Å²) in [6, 6.07) is 4.50. The van der Waals surface area contributed by atoms with Crippen molar-refractivity contribution in [3.05, 3.63) is 51.4 Å². The Hall–Kier alpha value is -1.95. The maximum Gasteiger partial charge on any atom is 0.339 e. The van der Waals surface area contributed by atoms with Crippen LogP contribution in [0.1, 0.15) is 21.5 Å². The number of halogens is 2. The maximum atomic E-state index is 13.6. The van der Waals surface area contributed by atoms with Crippen molar-refractivity contribution in [1.29, 1.82) is 0 Å². The number of nitrogens with zero attached hydrogens (tertiary/aromatic N) is 1. The quantitative estimate of drug-likeness (QED) is 0.776. The molecule has 0 aliphatic carbocycles. The lowest BCUT2D eigenvalue weighted by atomic mass is 10.1. The number of hydrogen-bond acceptors (Lipinski definition) is 4. The summed E-state index contributed by atoms with van der Waals surface area (Å²) in [5.41, 5.74) is 1.64. The van der Waals surface area contributed by atoms with Crippen molar-refractivity contribution in [3.63, 3.8) is 0 Å². The number of hydrogen-bond donors (Lipinski definition) is 0. The Balaban J connectivity index is 2.31. The number of carbonyl (C=O) groups excluding carboxylic acids is 1. The number of aromatic nitrogens is 1. The van der Waals surface area contributed by atoms with Crippen LogP contribution in [0.5, 0.6) is 11.6 Å². The molecule has 0 saturated carbocycles.